The number of aliphatic hydroxyl groups excluding tert-OH is 1. The molecule has 0 aromatic carbocycles. The second-order valence-electron chi connectivity index (χ2n) is 4.63. The summed E-state index contributed by atoms with van der Waals surface area (Å²) >= 11 is 0. The van der Waals surface area contributed by atoms with Crippen molar-refractivity contribution in [1.29, 1.82) is 5.26 Å². The van der Waals surface area contributed by atoms with Crippen LogP contribution in [-0.2, 0) is 0 Å². The highest BCUT2D eigenvalue weighted by atomic mass is 16.3. The van der Waals surface area contributed by atoms with Crippen LogP contribution in [-0.4, -0.2) is 11.2 Å². The molecule has 2 aliphatic carbocycles. The summed E-state index contributed by atoms with van der Waals surface area (Å²) in [6.45, 7) is 0. The third-order valence-electron chi connectivity index (χ3n) is 3.77. The zero-order valence-electron chi connectivity index (χ0n) is 7.95. The molecular formula is C11H17NO. The van der Waals surface area contributed by atoms with Crippen LogP contribution in [0.4, 0.5) is 0 Å². The molecule has 0 heterocycles. The predicted octanol–water partition coefficient (Wildman–Crippen LogP) is 2.09. The molecule has 0 aromatic heterocycles. The molecule has 2 saturated carbocycles. The zero-order valence-corrected chi connectivity index (χ0v) is 7.95. The molecule has 0 radical (unpaired) electrons. The molecule has 72 valence electrons. The van der Waals surface area contributed by atoms with Gasteiger partial charge in [-0.2, -0.15) is 5.26 Å². The van der Waals surface area contributed by atoms with Crippen LogP contribution in [0.15, 0.2) is 0 Å². The molecule has 13 heavy (non-hydrogen) atoms. The molecule has 4 unspecified atom stereocenters. The SMILES string of the molecule is N#CC1CCC2CC(O)CCC2C1. The van der Waals surface area contributed by atoms with E-state index >= 15 is 0 Å². The van der Waals surface area contributed by atoms with Gasteiger partial charge in [-0.1, -0.05) is 0 Å². The topological polar surface area (TPSA) is 44.0 Å². The summed E-state index contributed by atoms with van der Waals surface area (Å²) in [5.41, 5.74) is 0. The Hall–Kier alpha value is -0.550. The fraction of sp³-hybridized carbons (Fsp3) is 0.909. The summed E-state index contributed by atoms with van der Waals surface area (Å²) in [5, 5.41) is 18.3. The molecule has 2 nitrogen and oxygen atoms in total. The minimum atomic E-state index is -0.0557. The van der Waals surface area contributed by atoms with Gasteiger partial charge in [-0.25, -0.2) is 0 Å². The number of hydrogen-bond donors (Lipinski definition) is 1. The van der Waals surface area contributed by atoms with Gasteiger partial charge in [0, 0.05) is 5.92 Å². The highest BCUT2D eigenvalue weighted by molar-refractivity contribution is 4.93. The second-order valence-corrected chi connectivity index (χ2v) is 4.63. The third-order valence-corrected chi connectivity index (χ3v) is 3.77. The summed E-state index contributed by atoms with van der Waals surface area (Å²) in [6, 6.07) is 2.39. The monoisotopic (exact) mass is 179 g/mol. The van der Waals surface area contributed by atoms with Crippen molar-refractivity contribution in [3.63, 3.8) is 0 Å². The van der Waals surface area contributed by atoms with E-state index in [4.69, 9.17) is 5.26 Å². The molecule has 2 aliphatic rings. The molecule has 0 aromatic rings. The van der Waals surface area contributed by atoms with E-state index in [0.717, 1.165) is 38.0 Å². The van der Waals surface area contributed by atoms with E-state index in [1.54, 1.807) is 0 Å². The van der Waals surface area contributed by atoms with Gasteiger partial charge < -0.3 is 5.11 Å². The predicted molar refractivity (Wildman–Crippen MR) is 49.8 cm³/mol. The van der Waals surface area contributed by atoms with Crippen LogP contribution >= 0.6 is 0 Å². The highest BCUT2D eigenvalue weighted by Gasteiger charge is 2.34. The highest BCUT2D eigenvalue weighted by Crippen LogP contribution is 2.42. The maximum Gasteiger partial charge on any atom is 0.0655 e. The van der Waals surface area contributed by atoms with Crippen molar-refractivity contribution in [3.05, 3.63) is 0 Å². The summed E-state index contributed by atoms with van der Waals surface area (Å²) in [4.78, 5) is 0. The van der Waals surface area contributed by atoms with Gasteiger partial charge in [0.15, 0.2) is 0 Å². The van der Waals surface area contributed by atoms with Crippen LogP contribution in [0.1, 0.15) is 38.5 Å². The molecule has 0 aliphatic heterocycles. The second kappa shape index (κ2) is 3.67. The number of nitriles is 1. The lowest BCUT2D eigenvalue weighted by Gasteiger charge is -2.39. The molecule has 4 atom stereocenters. The van der Waals surface area contributed by atoms with Crippen molar-refractivity contribution in [2.24, 2.45) is 17.8 Å². The van der Waals surface area contributed by atoms with Crippen LogP contribution < -0.4 is 0 Å². The Kier molecular flexibility index (Phi) is 2.55. The Labute approximate surface area is 79.6 Å². The molecule has 0 bridgehead atoms. The van der Waals surface area contributed by atoms with Gasteiger partial charge in [0.2, 0.25) is 0 Å². The Morgan fingerprint density at radius 3 is 2.46 bits per heavy atom. The van der Waals surface area contributed by atoms with Crippen molar-refractivity contribution in [1.82, 2.24) is 0 Å². The summed E-state index contributed by atoms with van der Waals surface area (Å²) in [5.74, 6) is 1.76. The average molecular weight is 179 g/mol. The lowest BCUT2D eigenvalue weighted by atomic mass is 9.67. The average Bonchev–Trinajstić information content (AvgIpc) is 2.17. The number of hydrogen-bond acceptors (Lipinski definition) is 2. The van der Waals surface area contributed by atoms with Crippen LogP contribution in [0.2, 0.25) is 0 Å². The quantitative estimate of drug-likeness (QED) is 0.618. The van der Waals surface area contributed by atoms with Crippen LogP contribution in [0.25, 0.3) is 0 Å². The Bertz CT molecular complexity index is 221. The van der Waals surface area contributed by atoms with Crippen molar-refractivity contribution < 1.29 is 5.11 Å². The Morgan fingerprint density at radius 1 is 1.00 bits per heavy atom. The molecule has 0 spiro atoms. The molecule has 2 rings (SSSR count). The molecular weight excluding hydrogens is 162 g/mol. The largest absolute Gasteiger partial charge is 0.393 e. The summed E-state index contributed by atoms with van der Waals surface area (Å²) < 4.78 is 0. The van der Waals surface area contributed by atoms with Crippen LogP contribution in [0.5, 0.6) is 0 Å². The molecule has 0 saturated heterocycles. The number of nitrogens with zero attached hydrogens (tertiary/aromatic N) is 1. The van der Waals surface area contributed by atoms with E-state index in [1.165, 1.54) is 6.42 Å². The lowest BCUT2D eigenvalue weighted by Crippen LogP contribution is -2.32. The van der Waals surface area contributed by atoms with E-state index in [0.29, 0.717) is 11.8 Å². The molecule has 2 heteroatoms. The van der Waals surface area contributed by atoms with E-state index in [-0.39, 0.29) is 6.10 Å². The number of rotatable bonds is 0. The first-order valence-electron chi connectivity index (χ1n) is 5.37. The lowest BCUT2D eigenvalue weighted by molar-refractivity contribution is 0.0418. The smallest absolute Gasteiger partial charge is 0.0655 e. The van der Waals surface area contributed by atoms with E-state index < -0.39 is 0 Å². The minimum absolute atomic E-state index is 0.0557. The summed E-state index contributed by atoms with van der Waals surface area (Å²) in [7, 11) is 0. The van der Waals surface area contributed by atoms with Crippen molar-refractivity contribution in [3.8, 4) is 6.07 Å². The first-order valence-corrected chi connectivity index (χ1v) is 5.37. The molecule has 1 N–H and O–H groups in total. The normalized spacial score (nSPS) is 44.9. The number of aliphatic hydroxyl groups is 1. The van der Waals surface area contributed by atoms with Gasteiger partial charge in [-0.05, 0) is 50.4 Å². The Morgan fingerprint density at radius 2 is 1.69 bits per heavy atom. The van der Waals surface area contributed by atoms with Gasteiger partial charge >= 0.3 is 0 Å². The van der Waals surface area contributed by atoms with Gasteiger partial charge in [0.1, 0.15) is 0 Å². The number of fused-ring (bicyclic) bond motifs is 1. The maximum atomic E-state index is 9.51. The fourth-order valence-corrected chi connectivity index (χ4v) is 2.98. The molecule has 2 fully saturated rings. The van der Waals surface area contributed by atoms with Crippen molar-refractivity contribution in [2.45, 2.75) is 44.6 Å². The minimum Gasteiger partial charge on any atom is -0.393 e. The van der Waals surface area contributed by atoms with Crippen LogP contribution in [0.3, 0.4) is 0 Å². The maximum absolute atomic E-state index is 9.51. The first-order chi connectivity index (χ1) is 6.29. The van der Waals surface area contributed by atoms with E-state index in [1.807, 2.05) is 0 Å². The van der Waals surface area contributed by atoms with E-state index in [2.05, 4.69) is 6.07 Å². The zero-order chi connectivity index (χ0) is 9.26. The Balaban J connectivity index is 1.95. The van der Waals surface area contributed by atoms with Crippen molar-refractivity contribution >= 4 is 0 Å². The molecule has 0 amide bonds. The fourth-order valence-electron chi connectivity index (χ4n) is 2.98. The standard InChI is InChI=1S/C11H17NO/c12-7-8-1-2-10-6-11(13)4-3-9(10)5-8/h8-11,13H,1-6H2. The van der Waals surface area contributed by atoms with Gasteiger partial charge in [-0.15, -0.1) is 0 Å². The van der Waals surface area contributed by atoms with Gasteiger partial charge in [0.25, 0.3) is 0 Å². The summed E-state index contributed by atoms with van der Waals surface area (Å²) in [6.07, 6.45) is 6.35. The van der Waals surface area contributed by atoms with Crippen LogP contribution in [0, 0.1) is 29.1 Å². The van der Waals surface area contributed by atoms with Gasteiger partial charge in [-0.3, -0.25) is 0 Å². The third kappa shape index (κ3) is 1.86. The van der Waals surface area contributed by atoms with Crippen molar-refractivity contribution in [2.75, 3.05) is 0 Å². The van der Waals surface area contributed by atoms with E-state index in [9.17, 15) is 5.11 Å². The first kappa shape index (κ1) is 9.02. The van der Waals surface area contributed by atoms with Gasteiger partial charge in [0.05, 0.1) is 12.2 Å².